The summed E-state index contributed by atoms with van der Waals surface area (Å²) in [6.45, 7) is 4.01. The van der Waals surface area contributed by atoms with E-state index in [-0.39, 0.29) is 5.69 Å². The van der Waals surface area contributed by atoms with Crippen molar-refractivity contribution >= 4 is 17.4 Å². The molecule has 0 radical (unpaired) electrons. The number of nitrogens with zero attached hydrogens (tertiary/aromatic N) is 2. The molecule has 5 heteroatoms. The van der Waals surface area contributed by atoms with Crippen molar-refractivity contribution in [3.05, 3.63) is 33.9 Å². The molecule has 0 amide bonds. The van der Waals surface area contributed by atoms with E-state index < -0.39 is 4.92 Å². The van der Waals surface area contributed by atoms with Gasteiger partial charge in [0.05, 0.1) is 10.5 Å². The minimum atomic E-state index is -0.495. The summed E-state index contributed by atoms with van der Waals surface area (Å²) in [5.74, 6) is 0. The van der Waals surface area contributed by atoms with Gasteiger partial charge in [-0.25, -0.2) is 0 Å². The molecule has 1 rings (SSSR count). The molecule has 0 saturated carbocycles. The zero-order valence-electron chi connectivity index (χ0n) is 8.43. The molecule has 0 heterocycles. The second-order valence-electron chi connectivity index (χ2n) is 3.22. The molecule has 0 atom stereocenters. The second kappa shape index (κ2) is 4.80. The normalized spacial score (nSPS) is 10.0. The van der Waals surface area contributed by atoms with Gasteiger partial charge in [-0.1, -0.05) is 13.8 Å². The summed E-state index contributed by atoms with van der Waals surface area (Å²) in [4.78, 5) is 10.8. The first kappa shape index (κ1) is 11.5. The molecule has 0 aliphatic heterocycles. The van der Waals surface area contributed by atoms with E-state index >= 15 is 0 Å². The predicted octanol–water partition coefficient (Wildman–Crippen LogP) is 2.97. The van der Waals surface area contributed by atoms with Crippen LogP contribution in [0.2, 0.25) is 0 Å². The molecule has 1 aromatic rings. The third-order valence-corrected chi connectivity index (χ3v) is 2.74. The van der Waals surface area contributed by atoms with Crippen molar-refractivity contribution in [1.29, 1.82) is 5.26 Å². The highest BCUT2D eigenvalue weighted by Crippen LogP contribution is 2.28. The van der Waals surface area contributed by atoms with Crippen molar-refractivity contribution in [3.63, 3.8) is 0 Å². The van der Waals surface area contributed by atoms with Crippen molar-refractivity contribution in [1.82, 2.24) is 0 Å². The summed E-state index contributed by atoms with van der Waals surface area (Å²) < 4.78 is 0. The fourth-order valence-electron chi connectivity index (χ4n) is 1.08. The van der Waals surface area contributed by atoms with Crippen LogP contribution in [-0.2, 0) is 0 Å². The lowest BCUT2D eigenvalue weighted by Crippen LogP contribution is -1.92. The third-order valence-electron chi connectivity index (χ3n) is 1.66. The van der Waals surface area contributed by atoms with Gasteiger partial charge in [0.2, 0.25) is 0 Å². The van der Waals surface area contributed by atoms with Crippen molar-refractivity contribution in [2.45, 2.75) is 24.0 Å². The van der Waals surface area contributed by atoms with E-state index in [1.807, 2.05) is 19.9 Å². The van der Waals surface area contributed by atoms with Crippen LogP contribution >= 0.6 is 11.8 Å². The lowest BCUT2D eigenvalue weighted by Gasteiger charge is -2.05. The Balaban J connectivity index is 3.11. The van der Waals surface area contributed by atoms with Crippen LogP contribution in [0.15, 0.2) is 23.1 Å². The van der Waals surface area contributed by atoms with Crippen LogP contribution in [0.25, 0.3) is 0 Å². The SMILES string of the molecule is CC(C)Sc1ccc([N+](=O)[O-])cc1C#N. The fraction of sp³-hybridized carbons (Fsp3) is 0.300. The number of nitriles is 1. The van der Waals surface area contributed by atoms with Crippen molar-refractivity contribution in [2.75, 3.05) is 0 Å². The average Bonchev–Trinajstić information content (AvgIpc) is 2.17. The monoisotopic (exact) mass is 222 g/mol. The Kier molecular flexibility index (Phi) is 3.69. The van der Waals surface area contributed by atoms with Gasteiger partial charge in [0.1, 0.15) is 6.07 Å². The second-order valence-corrected chi connectivity index (χ2v) is 4.83. The summed E-state index contributed by atoms with van der Waals surface area (Å²) >= 11 is 1.52. The molecule has 0 bridgehead atoms. The molecule has 4 nitrogen and oxygen atoms in total. The van der Waals surface area contributed by atoms with Crippen molar-refractivity contribution in [2.24, 2.45) is 0 Å². The Bertz CT molecular complexity index is 424. The van der Waals surface area contributed by atoms with Gasteiger partial charge in [0.15, 0.2) is 0 Å². The van der Waals surface area contributed by atoms with Gasteiger partial charge in [-0.05, 0) is 6.07 Å². The number of hydrogen-bond donors (Lipinski definition) is 0. The van der Waals surface area contributed by atoms with E-state index in [1.165, 1.54) is 23.9 Å². The number of non-ortho nitro benzene ring substituents is 1. The van der Waals surface area contributed by atoms with Crippen LogP contribution in [0.3, 0.4) is 0 Å². The molecule has 0 aromatic heterocycles. The summed E-state index contributed by atoms with van der Waals surface area (Å²) in [5.41, 5.74) is 0.322. The Morgan fingerprint density at radius 3 is 2.67 bits per heavy atom. The summed E-state index contributed by atoms with van der Waals surface area (Å²) in [7, 11) is 0. The number of hydrogen-bond acceptors (Lipinski definition) is 4. The Morgan fingerprint density at radius 2 is 2.20 bits per heavy atom. The smallest absolute Gasteiger partial charge is 0.258 e. The third kappa shape index (κ3) is 2.96. The zero-order chi connectivity index (χ0) is 11.4. The highest BCUT2D eigenvalue weighted by molar-refractivity contribution is 8.00. The number of rotatable bonds is 3. The number of benzene rings is 1. The summed E-state index contributed by atoms with van der Waals surface area (Å²) in [6, 6.07) is 6.33. The van der Waals surface area contributed by atoms with E-state index in [9.17, 15) is 10.1 Å². The van der Waals surface area contributed by atoms with Gasteiger partial charge in [0.25, 0.3) is 5.69 Å². The first-order valence-corrected chi connectivity index (χ1v) is 5.27. The van der Waals surface area contributed by atoms with Crippen LogP contribution in [0, 0.1) is 21.4 Å². The fourth-order valence-corrected chi connectivity index (χ4v) is 1.96. The molecule has 0 saturated heterocycles. The molecule has 15 heavy (non-hydrogen) atoms. The average molecular weight is 222 g/mol. The number of nitro groups is 1. The highest BCUT2D eigenvalue weighted by atomic mass is 32.2. The molecular formula is C10H10N2O2S. The molecule has 1 aromatic carbocycles. The van der Waals surface area contributed by atoms with E-state index in [1.54, 1.807) is 6.07 Å². The van der Waals surface area contributed by atoms with E-state index in [0.717, 1.165) is 4.90 Å². The predicted molar refractivity (Wildman–Crippen MR) is 58.8 cm³/mol. The van der Waals surface area contributed by atoms with Gasteiger partial charge in [-0.15, -0.1) is 11.8 Å². The van der Waals surface area contributed by atoms with Gasteiger partial charge in [-0.3, -0.25) is 10.1 Å². The molecular weight excluding hydrogens is 212 g/mol. The molecule has 0 spiro atoms. The Labute approximate surface area is 92.1 Å². The lowest BCUT2D eigenvalue weighted by atomic mass is 10.2. The van der Waals surface area contributed by atoms with Crippen LogP contribution in [0.5, 0.6) is 0 Å². The van der Waals surface area contributed by atoms with Crippen LogP contribution in [0.4, 0.5) is 5.69 Å². The van der Waals surface area contributed by atoms with Gasteiger partial charge < -0.3 is 0 Å². The van der Waals surface area contributed by atoms with Gasteiger partial charge in [0, 0.05) is 22.3 Å². The van der Waals surface area contributed by atoms with E-state index in [2.05, 4.69) is 0 Å². The highest BCUT2D eigenvalue weighted by Gasteiger charge is 2.11. The minimum Gasteiger partial charge on any atom is -0.258 e. The molecule has 78 valence electrons. The maximum absolute atomic E-state index is 10.5. The topological polar surface area (TPSA) is 66.9 Å². The minimum absolute atomic E-state index is 0.0420. The molecule has 0 aliphatic rings. The molecule has 0 fully saturated rings. The molecule has 0 unspecified atom stereocenters. The number of thioether (sulfide) groups is 1. The zero-order valence-corrected chi connectivity index (χ0v) is 9.25. The van der Waals surface area contributed by atoms with Gasteiger partial charge in [-0.2, -0.15) is 5.26 Å². The standard InChI is InChI=1S/C10H10N2O2S/c1-7(2)15-10-4-3-9(12(13)14)5-8(10)6-11/h3-5,7H,1-2H3. The largest absolute Gasteiger partial charge is 0.270 e. The Morgan fingerprint density at radius 1 is 1.53 bits per heavy atom. The van der Waals surface area contributed by atoms with E-state index in [0.29, 0.717) is 10.8 Å². The van der Waals surface area contributed by atoms with E-state index in [4.69, 9.17) is 5.26 Å². The maximum Gasteiger partial charge on any atom is 0.270 e. The maximum atomic E-state index is 10.5. The van der Waals surface area contributed by atoms with Crippen LogP contribution in [-0.4, -0.2) is 10.2 Å². The summed E-state index contributed by atoms with van der Waals surface area (Å²) in [5, 5.41) is 19.7. The quantitative estimate of drug-likeness (QED) is 0.448. The van der Waals surface area contributed by atoms with Crippen molar-refractivity contribution < 1.29 is 4.92 Å². The number of nitro benzene ring substituents is 1. The molecule has 0 N–H and O–H groups in total. The first-order chi connectivity index (χ1) is 7.04. The Hall–Kier alpha value is -1.54. The van der Waals surface area contributed by atoms with Crippen LogP contribution < -0.4 is 0 Å². The summed E-state index contributed by atoms with van der Waals surface area (Å²) in [6.07, 6.45) is 0. The molecule has 0 aliphatic carbocycles. The van der Waals surface area contributed by atoms with Gasteiger partial charge >= 0.3 is 0 Å². The van der Waals surface area contributed by atoms with Crippen LogP contribution in [0.1, 0.15) is 19.4 Å². The lowest BCUT2D eigenvalue weighted by molar-refractivity contribution is -0.384. The van der Waals surface area contributed by atoms with Crippen molar-refractivity contribution in [3.8, 4) is 6.07 Å². The first-order valence-electron chi connectivity index (χ1n) is 4.39.